The van der Waals surface area contributed by atoms with Gasteiger partial charge in [0.15, 0.2) is 0 Å². The highest BCUT2D eigenvalue weighted by atomic mass is 16.5. The van der Waals surface area contributed by atoms with Gasteiger partial charge in [0.25, 0.3) is 0 Å². The summed E-state index contributed by atoms with van der Waals surface area (Å²) < 4.78 is 10.9. The zero-order valence-corrected chi connectivity index (χ0v) is 9.74. The average molecular weight is 240 g/mol. The van der Waals surface area contributed by atoms with Crippen LogP contribution in [0.1, 0.15) is 5.56 Å². The molecule has 0 atom stereocenters. The fraction of sp³-hybridized carbons (Fsp3) is 0.143. The summed E-state index contributed by atoms with van der Waals surface area (Å²) in [5, 5.41) is 8.85. The lowest BCUT2D eigenvalue weighted by molar-refractivity contribution is 0.211. The first-order valence-electron chi connectivity index (χ1n) is 5.56. The van der Waals surface area contributed by atoms with Gasteiger partial charge >= 0.3 is 0 Å². The van der Waals surface area contributed by atoms with Crippen molar-refractivity contribution in [3.05, 3.63) is 54.2 Å². The van der Waals surface area contributed by atoms with Crippen LogP contribution in [0.25, 0.3) is 0 Å². The molecule has 0 amide bonds. The van der Waals surface area contributed by atoms with Crippen molar-refractivity contribution >= 4 is 0 Å². The molecule has 1 aromatic heterocycles. The van der Waals surface area contributed by atoms with Gasteiger partial charge in [-0.3, -0.25) is 0 Å². The van der Waals surface area contributed by atoms with E-state index in [-0.39, 0.29) is 0 Å². The maximum absolute atomic E-state index is 8.85. The first kappa shape index (κ1) is 11.9. The van der Waals surface area contributed by atoms with E-state index in [0.29, 0.717) is 24.7 Å². The van der Waals surface area contributed by atoms with Crippen molar-refractivity contribution in [1.82, 2.24) is 4.98 Å². The van der Waals surface area contributed by atoms with Crippen LogP contribution in [0.3, 0.4) is 0 Å². The summed E-state index contributed by atoms with van der Waals surface area (Å²) in [6.45, 7) is 0.756. The molecule has 0 bridgehead atoms. The van der Waals surface area contributed by atoms with Gasteiger partial charge in [0.1, 0.15) is 30.6 Å². The molecule has 2 rings (SSSR count). The highest BCUT2D eigenvalue weighted by Gasteiger charge is 2.02. The van der Waals surface area contributed by atoms with E-state index in [1.807, 2.05) is 36.4 Å². The maximum Gasteiger partial charge on any atom is 0.231 e. The zero-order valence-electron chi connectivity index (χ0n) is 9.74. The van der Waals surface area contributed by atoms with Gasteiger partial charge < -0.3 is 9.47 Å². The lowest BCUT2D eigenvalue weighted by atomic mass is 10.3. The first-order valence-corrected chi connectivity index (χ1v) is 5.56. The standard InChI is InChI=1S/C14H12N2O2/c15-11-12-5-4-8-16-14(12)18-10-9-17-13-6-2-1-3-7-13/h1-8H,9-10H2. The van der Waals surface area contributed by atoms with Crippen molar-refractivity contribution in [3.8, 4) is 17.7 Å². The lowest BCUT2D eigenvalue weighted by Crippen LogP contribution is -2.10. The van der Waals surface area contributed by atoms with Crippen LogP contribution in [0.2, 0.25) is 0 Å². The Morgan fingerprint density at radius 3 is 2.56 bits per heavy atom. The number of rotatable bonds is 5. The van der Waals surface area contributed by atoms with Crippen LogP contribution in [0, 0.1) is 11.3 Å². The molecular weight excluding hydrogens is 228 g/mol. The van der Waals surface area contributed by atoms with Crippen molar-refractivity contribution in [3.63, 3.8) is 0 Å². The average Bonchev–Trinajstić information content (AvgIpc) is 2.45. The number of benzene rings is 1. The minimum absolute atomic E-state index is 0.344. The molecule has 0 saturated carbocycles. The quantitative estimate of drug-likeness (QED) is 0.753. The molecule has 18 heavy (non-hydrogen) atoms. The second kappa shape index (κ2) is 6.26. The predicted octanol–water partition coefficient (Wildman–Crippen LogP) is 2.41. The van der Waals surface area contributed by atoms with E-state index in [1.54, 1.807) is 18.3 Å². The molecule has 0 saturated heterocycles. The van der Waals surface area contributed by atoms with Crippen LogP contribution in [-0.4, -0.2) is 18.2 Å². The fourth-order valence-electron chi connectivity index (χ4n) is 1.41. The van der Waals surface area contributed by atoms with Crippen molar-refractivity contribution < 1.29 is 9.47 Å². The van der Waals surface area contributed by atoms with Gasteiger partial charge in [-0.2, -0.15) is 5.26 Å². The normalized spacial score (nSPS) is 9.50. The van der Waals surface area contributed by atoms with Gasteiger partial charge in [-0.15, -0.1) is 0 Å². The Kier molecular flexibility index (Phi) is 4.15. The number of hydrogen-bond acceptors (Lipinski definition) is 4. The monoisotopic (exact) mass is 240 g/mol. The summed E-state index contributed by atoms with van der Waals surface area (Å²) >= 11 is 0. The topological polar surface area (TPSA) is 55.1 Å². The van der Waals surface area contributed by atoms with Crippen LogP contribution < -0.4 is 9.47 Å². The van der Waals surface area contributed by atoms with E-state index >= 15 is 0 Å². The Balaban J connectivity index is 1.81. The third-order valence-corrected chi connectivity index (χ3v) is 2.23. The Labute approximate surface area is 105 Å². The molecular formula is C14H12N2O2. The number of pyridine rings is 1. The zero-order chi connectivity index (χ0) is 12.6. The lowest BCUT2D eigenvalue weighted by Gasteiger charge is -2.08. The van der Waals surface area contributed by atoms with Crippen molar-refractivity contribution in [1.29, 1.82) is 5.26 Å². The second-order valence-corrected chi connectivity index (χ2v) is 3.48. The minimum atomic E-state index is 0.344. The molecule has 2 aromatic rings. The Morgan fingerprint density at radius 2 is 1.78 bits per heavy atom. The number of aromatic nitrogens is 1. The summed E-state index contributed by atoms with van der Waals surface area (Å²) in [4.78, 5) is 3.99. The predicted molar refractivity (Wildman–Crippen MR) is 66.4 cm³/mol. The van der Waals surface area contributed by atoms with Gasteiger partial charge in [-0.1, -0.05) is 18.2 Å². The van der Waals surface area contributed by atoms with Gasteiger partial charge in [0, 0.05) is 6.20 Å². The van der Waals surface area contributed by atoms with Crippen LogP contribution in [0.15, 0.2) is 48.7 Å². The molecule has 0 fully saturated rings. The molecule has 4 heteroatoms. The smallest absolute Gasteiger partial charge is 0.231 e. The number of nitriles is 1. The number of nitrogens with zero attached hydrogens (tertiary/aromatic N) is 2. The summed E-state index contributed by atoms with van der Waals surface area (Å²) in [7, 11) is 0. The van der Waals surface area contributed by atoms with Crippen LogP contribution in [0.5, 0.6) is 11.6 Å². The highest BCUT2D eigenvalue weighted by Crippen LogP contribution is 2.12. The molecule has 0 aliphatic carbocycles. The Bertz CT molecular complexity index is 535. The fourth-order valence-corrected chi connectivity index (χ4v) is 1.41. The van der Waals surface area contributed by atoms with Gasteiger partial charge in [0.2, 0.25) is 5.88 Å². The molecule has 0 spiro atoms. The van der Waals surface area contributed by atoms with E-state index in [2.05, 4.69) is 4.98 Å². The number of para-hydroxylation sites is 1. The second-order valence-electron chi connectivity index (χ2n) is 3.48. The molecule has 0 unspecified atom stereocenters. The third kappa shape index (κ3) is 3.22. The molecule has 0 N–H and O–H groups in total. The van der Waals surface area contributed by atoms with E-state index in [1.165, 1.54) is 0 Å². The summed E-state index contributed by atoms with van der Waals surface area (Å²) in [6.07, 6.45) is 1.59. The van der Waals surface area contributed by atoms with Crippen molar-refractivity contribution in [2.75, 3.05) is 13.2 Å². The number of ether oxygens (including phenoxy) is 2. The SMILES string of the molecule is N#Cc1cccnc1OCCOc1ccccc1. The van der Waals surface area contributed by atoms with Gasteiger partial charge in [-0.05, 0) is 24.3 Å². The molecule has 1 heterocycles. The van der Waals surface area contributed by atoms with Gasteiger partial charge in [-0.25, -0.2) is 4.98 Å². The van der Waals surface area contributed by atoms with Crippen molar-refractivity contribution in [2.24, 2.45) is 0 Å². The molecule has 1 aromatic carbocycles. The minimum Gasteiger partial charge on any atom is -0.490 e. The molecule has 0 aliphatic rings. The largest absolute Gasteiger partial charge is 0.490 e. The van der Waals surface area contributed by atoms with E-state index in [4.69, 9.17) is 14.7 Å². The van der Waals surface area contributed by atoms with Crippen molar-refractivity contribution in [2.45, 2.75) is 0 Å². The molecule has 90 valence electrons. The number of hydrogen-bond donors (Lipinski definition) is 0. The molecule has 0 radical (unpaired) electrons. The Morgan fingerprint density at radius 1 is 1.00 bits per heavy atom. The summed E-state index contributed by atoms with van der Waals surface area (Å²) in [6, 6.07) is 14.9. The molecule has 0 aliphatic heterocycles. The molecule has 4 nitrogen and oxygen atoms in total. The highest BCUT2D eigenvalue weighted by molar-refractivity contribution is 5.36. The first-order chi connectivity index (χ1) is 8.90. The Hall–Kier alpha value is -2.54. The maximum atomic E-state index is 8.85. The van der Waals surface area contributed by atoms with Crippen LogP contribution >= 0.6 is 0 Å². The van der Waals surface area contributed by atoms with Crippen LogP contribution in [-0.2, 0) is 0 Å². The van der Waals surface area contributed by atoms with Crippen LogP contribution in [0.4, 0.5) is 0 Å². The summed E-state index contributed by atoms with van der Waals surface area (Å²) in [5.41, 5.74) is 0.428. The van der Waals surface area contributed by atoms with E-state index in [9.17, 15) is 0 Å². The summed E-state index contributed by atoms with van der Waals surface area (Å²) in [5.74, 6) is 1.14. The van der Waals surface area contributed by atoms with E-state index in [0.717, 1.165) is 5.75 Å². The van der Waals surface area contributed by atoms with Gasteiger partial charge in [0.05, 0.1) is 0 Å². The third-order valence-electron chi connectivity index (χ3n) is 2.23. The van der Waals surface area contributed by atoms with E-state index < -0.39 is 0 Å².